The fraction of sp³-hybridized carbons (Fsp3) is 0.951. The summed E-state index contributed by atoms with van der Waals surface area (Å²) in [5.74, 6) is 0.853. The molecule has 0 amide bonds. The number of hydrogen-bond acceptors (Lipinski definition) is 12. The van der Waals surface area contributed by atoms with Crippen molar-refractivity contribution in [3.63, 3.8) is 0 Å². The lowest BCUT2D eigenvalue weighted by Crippen LogP contribution is -2.67. The molecule has 0 spiro atoms. The van der Waals surface area contributed by atoms with Crippen molar-refractivity contribution >= 4 is 0 Å². The minimum atomic E-state index is -1.71. The first-order valence-electron chi connectivity index (χ1n) is 20.3. The van der Waals surface area contributed by atoms with E-state index < -0.39 is 73.4 Å². The second-order valence-corrected chi connectivity index (χ2v) is 20.3. The van der Waals surface area contributed by atoms with Crippen molar-refractivity contribution in [3.05, 3.63) is 11.6 Å². The molecule has 0 aromatic heterocycles. The zero-order valence-electron chi connectivity index (χ0n) is 32.9. The third-order valence-electron chi connectivity index (χ3n) is 17.1. The SMILES string of the molecule is CC1(C)C[C@@H](O)[C@]2(C)CC[C@]3(C)C(=CC[C@@H]4[C@@]5(C)CC[C@H](O[C@@H]6OC[C@H](O)[C@H](O)[C@H]6O[C@@H]6O[C@H](CO)[C@H](O)[C@H](O)[C@H]6O)[C@](C)(CO)[C@@H]5CC[C@]43C)[C@@H]2C1. The fourth-order valence-electron chi connectivity index (χ4n) is 13.4. The van der Waals surface area contributed by atoms with Crippen LogP contribution in [0.3, 0.4) is 0 Å². The number of ether oxygens (including phenoxy) is 4. The minimum absolute atomic E-state index is 0.00601. The van der Waals surface area contributed by atoms with E-state index in [1.807, 2.05) is 0 Å². The Morgan fingerprint density at radius 3 is 2.13 bits per heavy atom. The normalized spacial score (nSPS) is 56.6. The Kier molecular flexibility index (Phi) is 10.4. The van der Waals surface area contributed by atoms with Gasteiger partial charge in [0, 0.05) is 10.8 Å². The van der Waals surface area contributed by atoms with Gasteiger partial charge in [0.15, 0.2) is 12.6 Å². The highest BCUT2D eigenvalue weighted by Crippen LogP contribution is 2.75. The maximum absolute atomic E-state index is 11.5. The van der Waals surface area contributed by atoms with Crippen LogP contribution in [-0.2, 0) is 18.9 Å². The van der Waals surface area contributed by atoms with Crippen LogP contribution in [0, 0.1) is 50.2 Å². The highest BCUT2D eigenvalue weighted by Gasteiger charge is 2.69. The van der Waals surface area contributed by atoms with E-state index in [1.165, 1.54) is 0 Å². The summed E-state index contributed by atoms with van der Waals surface area (Å²) in [7, 11) is 0. The molecule has 53 heavy (non-hydrogen) atoms. The molecule has 19 atom stereocenters. The number of rotatable bonds is 6. The first-order chi connectivity index (χ1) is 24.7. The van der Waals surface area contributed by atoms with E-state index in [-0.39, 0.29) is 52.3 Å². The van der Waals surface area contributed by atoms with E-state index >= 15 is 0 Å². The number of fused-ring (bicyclic) bond motifs is 7. The summed E-state index contributed by atoms with van der Waals surface area (Å²) in [5.41, 5.74) is 0.813. The fourth-order valence-corrected chi connectivity index (χ4v) is 13.4. The molecule has 304 valence electrons. The second-order valence-electron chi connectivity index (χ2n) is 20.3. The van der Waals surface area contributed by atoms with Crippen molar-refractivity contribution in [2.24, 2.45) is 50.2 Å². The largest absolute Gasteiger partial charge is 0.396 e. The number of hydrogen-bond donors (Lipinski definition) is 8. The molecule has 2 heterocycles. The maximum atomic E-state index is 11.5. The van der Waals surface area contributed by atoms with Gasteiger partial charge in [-0.1, -0.05) is 60.1 Å². The molecule has 0 unspecified atom stereocenters. The van der Waals surface area contributed by atoms with E-state index in [9.17, 15) is 40.9 Å². The van der Waals surface area contributed by atoms with Crippen LogP contribution in [0.1, 0.15) is 106 Å². The Bertz CT molecular complexity index is 1390. The summed E-state index contributed by atoms with van der Waals surface area (Å²) in [6.07, 6.45) is -2.99. The van der Waals surface area contributed by atoms with Gasteiger partial charge in [0.1, 0.15) is 42.7 Å². The van der Waals surface area contributed by atoms with Gasteiger partial charge in [-0.2, -0.15) is 0 Å². The van der Waals surface area contributed by atoms with Crippen LogP contribution in [0.15, 0.2) is 11.6 Å². The van der Waals surface area contributed by atoms with E-state index in [0.717, 1.165) is 51.4 Å². The molecule has 7 rings (SSSR count). The van der Waals surface area contributed by atoms with Gasteiger partial charge in [0.05, 0.1) is 32.0 Å². The van der Waals surface area contributed by atoms with Crippen molar-refractivity contribution in [2.75, 3.05) is 19.8 Å². The summed E-state index contributed by atoms with van der Waals surface area (Å²) in [6, 6.07) is 0. The van der Waals surface area contributed by atoms with Crippen LogP contribution in [0.2, 0.25) is 0 Å². The van der Waals surface area contributed by atoms with Crippen LogP contribution in [-0.4, -0.2) is 128 Å². The smallest absolute Gasteiger partial charge is 0.187 e. The topological polar surface area (TPSA) is 199 Å². The van der Waals surface area contributed by atoms with Gasteiger partial charge in [0.2, 0.25) is 0 Å². The molecule has 0 aromatic carbocycles. The van der Waals surface area contributed by atoms with Crippen LogP contribution >= 0.6 is 0 Å². The Morgan fingerprint density at radius 2 is 1.45 bits per heavy atom. The molecule has 6 fully saturated rings. The molecule has 8 N–H and O–H groups in total. The van der Waals surface area contributed by atoms with Crippen molar-refractivity contribution in [1.82, 2.24) is 0 Å². The number of aliphatic hydroxyl groups excluding tert-OH is 8. The predicted octanol–water partition coefficient (Wildman–Crippen LogP) is 2.40. The quantitative estimate of drug-likeness (QED) is 0.146. The second kappa shape index (κ2) is 13.7. The van der Waals surface area contributed by atoms with E-state index in [2.05, 4.69) is 54.5 Å². The maximum Gasteiger partial charge on any atom is 0.187 e. The Balaban J connectivity index is 1.14. The Hall–Kier alpha value is -0.740. The highest BCUT2D eigenvalue weighted by molar-refractivity contribution is 5.34. The molecule has 2 aliphatic heterocycles. The molecular formula is C41H68O12. The molecule has 0 bridgehead atoms. The van der Waals surface area contributed by atoms with Gasteiger partial charge in [-0.15, -0.1) is 0 Å². The lowest BCUT2D eigenvalue weighted by molar-refractivity contribution is -0.368. The Morgan fingerprint density at radius 1 is 0.736 bits per heavy atom. The predicted molar refractivity (Wildman–Crippen MR) is 193 cm³/mol. The van der Waals surface area contributed by atoms with Crippen LogP contribution in [0.25, 0.3) is 0 Å². The molecule has 7 aliphatic rings. The van der Waals surface area contributed by atoms with Crippen molar-refractivity contribution in [1.29, 1.82) is 0 Å². The standard InChI is InChI=1S/C41H68O12/c1-36(2)16-22-21-8-9-26-38(4)12-11-28(39(5,20-43)25(38)10-13-41(26,7)40(21,6)15-14-37(22,3)27(45)17-36)52-35-33(29(46)23(44)19-50-35)53-34-32(49)31(48)30(47)24(18-42)51-34/h8,22-35,42-49H,9-20H2,1-7H3/t22-,23-,24+,25+,26+,27+,28-,29-,30-,31-,32+,33+,34-,35-,37+,38-,39+,40+,41+/m0/s1. The van der Waals surface area contributed by atoms with Gasteiger partial charge in [-0.3, -0.25) is 0 Å². The average molecular weight is 753 g/mol. The first-order valence-corrected chi connectivity index (χ1v) is 20.3. The van der Waals surface area contributed by atoms with Crippen LogP contribution in [0.4, 0.5) is 0 Å². The third-order valence-corrected chi connectivity index (χ3v) is 17.1. The number of allylic oxidation sites excluding steroid dienone is 2. The third kappa shape index (κ3) is 5.98. The van der Waals surface area contributed by atoms with E-state index in [1.54, 1.807) is 5.57 Å². The summed E-state index contributed by atoms with van der Waals surface area (Å²) in [5, 5.41) is 85.5. The molecule has 12 heteroatoms. The summed E-state index contributed by atoms with van der Waals surface area (Å²) < 4.78 is 24.2. The zero-order valence-corrected chi connectivity index (χ0v) is 32.9. The number of aliphatic hydroxyl groups is 8. The van der Waals surface area contributed by atoms with Gasteiger partial charge in [-0.25, -0.2) is 0 Å². The lowest BCUT2D eigenvalue weighted by Gasteiger charge is -2.72. The van der Waals surface area contributed by atoms with Gasteiger partial charge < -0.3 is 59.8 Å². The monoisotopic (exact) mass is 752 g/mol. The van der Waals surface area contributed by atoms with Crippen molar-refractivity contribution < 1.29 is 59.8 Å². The molecular weight excluding hydrogens is 684 g/mol. The van der Waals surface area contributed by atoms with Crippen LogP contribution in [0.5, 0.6) is 0 Å². The lowest BCUT2D eigenvalue weighted by atomic mass is 9.33. The molecule has 12 nitrogen and oxygen atoms in total. The van der Waals surface area contributed by atoms with E-state index in [0.29, 0.717) is 18.3 Å². The summed E-state index contributed by atoms with van der Waals surface area (Å²) in [6.45, 7) is 15.5. The van der Waals surface area contributed by atoms with Crippen LogP contribution < -0.4 is 0 Å². The van der Waals surface area contributed by atoms with Crippen molar-refractivity contribution in [2.45, 2.75) is 174 Å². The highest BCUT2D eigenvalue weighted by atomic mass is 16.8. The van der Waals surface area contributed by atoms with Gasteiger partial charge in [0.25, 0.3) is 0 Å². The molecule has 4 saturated carbocycles. The van der Waals surface area contributed by atoms with Gasteiger partial charge >= 0.3 is 0 Å². The summed E-state index contributed by atoms with van der Waals surface area (Å²) in [4.78, 5) is 0. The first kappa shape index (κ1) is 40.5. The molecule has 0 aromatic rings. The average Bonchev–Trinajstić information content (AvgIpc) is 3.10. The molecule has 2 saturated heterocycles. The summed E-state index contributed by atoms with van der Waals surface area (Å²) >= 11 is 0. The Labute approximate surface area is 314 Å². The van der Waals surface area contributed by atoms with Gasteiger partial charge in [-0.05, 0) is 97.2 Å². The molecule has 5 aliphatic carbocycles. The van der Waals surface area contributed by atoms with E-state index in [4.69, 9.17) is 18.9 Å². The zero-order chi connectivity index (χ0) is 38.7. The minimum Gasteiger partial charge on any atom is -0.396 e. The molecule has 0 radical (unpaired) electrons. The van der Waals surface area contributed by atoms with Crippen molar-refractivity contribution in [3.8, 4) is 0 Å².